The highest BCUT2D eigenvalue weighted by Crippen LogP contribution is 2.27. The summed E-state index contributed by atoms with van der Waals surface area (Å²) in [6.45, 7) is 0.413. The number of rotatable bonds is 2. The van der Waals surface area contributed by atoms with Gasteiger partial charge in [0.25, 0.3) is 0 Å². The molecule has 18 heavy (non-hydrogen) atoms. The van der Waals surface area contributed by atoms with E-state index in [9.17, 15) is 14.7 Å². The van der Waals surface area contributed by atoms with Gasteiger partial charge in [-0.2, -0.15) is 0 Å². The lowest BCUT2D eigenvalue weighted by molar-refractivity contribution is -0.117. The summed E-state index contributed by atoms with van der Waals surface area (Å²) in [4.78, 5) is 24.4. The van der Waals surface area contributed by atoms with Crippen molar-refractivity contribution in [2.75, 3.05) is 18.6 Å². The fraction of sp³-hybridized carbons (Fsp3) is 0.333. The van der Waals surface area contributed by atoms with Crippen LogP contribution in [-0.4, -0.2) is 36.7 Å². The first-order chi connectivity index (χ1) is 8.52. The molecular formula is C12H14N2O4. The van der Waals surface area contributed by atoms with Crippen molar-refractivity contribution in [1.29, 1.82) is 0 Å². The molecule has 0 aliphatic carbocycles. The van der Waals surface area contributed by atoms with Gasteiger partial charge in [-0.15, -0.1) is 0 Å². The number of nitrogens with zero attached hydrogens (tertiary/aromatic N) is 1. The topological polar surface area (TPSA) is 92.9 Å². The number of amides is 1. The molecule has 6 heteroatoms. The average molecular weight is 250 g/mol. The van der Waals surface area contributed by atoms with Crippen LogP contribution in [0, 0.1) is 0 Å². The minimum Gasteiger partial charge on any atom is -0.507 e. The van der Waals surface area contributed by atoms with E-state index in [1.165, 1.54) is 24.1 Å². The Kier molecular flexibility index (Phi) is 3.20. The highest BCUT2D eigenvalue weighted by Gasteiger charge is 2.28. The molecule has 1 amide bonds. The molecule has 1 aromatic carbocycles. The summed E-state index contributed by atoms with van der Waals surface area (Å²) >= 11 is 0. The largest absolute Gasteiger partial charge is 0.507 e. The van der Waals surface area contributed by atoms with Crippen molar-refractivity contribution in [3.8, 4) is 5.75 Å². The number of benzene rings is 1. The number of esters is 1. The van der Waals surface area contributed by atoms with Gasteiger partial charge in [-0.25, -0.2) is 4.79 Å². The molecule has 0 spiro atoms. The Labute approximate surface area is 104 Å². The fourth-order valence-corrected chi connectivity index (χ4v) is 1.96. The standard InChI is InChI=1S/C12H14N2O4/c1-18-12(17)9-3-2-8(5-10(9)15)14-6-7(13)4-11(14)16/h2-3,5,7,15H,4,6,13H2,1H3. The summed E-state index contributed by atoms with van der Waals surface area (Å²) in [5, 5.41) is 9.74. The first-order valence-electron chi connectivity index (χ1n) is 5.50. The Hall–Kier alpha value is -2.08. The number of carbonyl (C=O) groups excluding carboxylic acids is 2. The minimum absolute atomic E-state index is 0.0668. The lowest BCUT2D eigenvalue weighted by atomic mass is 10.1. The van der Waals surface area contributed by atoms with Crippen molar-refractivity contribution in [2.45, 2.75) is 12.5 Å². The van der Waals surface area contributed by atoms with Gasteiger partial charge in [0.2, 0.25) is 5.91 Å². The van der Waals surface area contributed by atoms with Crippen molar-refractivity contribution in [1.82, 2.24) is 0 Å². The Morgan fingerprint density at radius 1 is 1.56 bits per heavy atom. The summed E-state index contributed by atoms with van der Waals surface area (Å²) in [6.07, 6.45) is 0.291. The predicted molar refractivity (Wildman–Crippen MR) is 64.4 cm³/mol. The number of phenols is 1. The van der Waals surface area contributed by atoms with Crippen LogP contribution in [0.2, 0.25) is 0 Å². The number of aromatic hydroxyl groups is 1. The van der Waals surface area contributed by atoms with E-state index >= 15 is 0 Å². The number of hydrogen-bond donors (Lipinski definition) is 2. The molecule has 1 aliphatic heterocycles. The number of ether oxygens (including phenoxy) is 1. The third-order valence-electron chi connectivity index (χ3n) is 2.85. The number of methoxy groups -OCH3 is 1. The van der Waals surface area contributed by atoms with Gasteiger partial charge < -0.3 is 20.5 Å². The van der Waals surface area contributed by atoms with E-state index in [4.69, 9.17) is 5.73 Å². The van der Waals surface area contributed by atoms with E-state index in [0.29, 0.717) is 18.7 Å². The number of hydrogen-bond acceptors (Lipinski definition) is 5. The minimum atomic E-state index is -0.622. The maximum absolute atomic E-state index is 11.6. The molecule has 1 aliphatic rings. The maximum atomic E-state index is 11.6. The molecule has 96 valence electrons. The number of anilines is 1. The number of carbonyl (C=O) groups is 2. The van der Waals surface area contributed by atoms with Gasteiger partial charge in [-0.05, 0) is 12.1 Å². The van der Waals surface area contributed by atoms with Crippen LogP contribution in [0.25, 0.3) is 0 Å². The SMILES string of the molecule is COC(=O)c1ccc(N2CC(N)CC2=O)cc1O. The summed E-state index contributed by atoms with van der Waals surface area (Å²) in [5.41, 5.74) is 6.28. The molecule has 1 atom stereocenters. The van der Waals surface area contributed by atoms with E-state index in [0.717, 1.165) is 0 Å². The van der Waals surface area contributed by atoms with Crippen molar-refractivity contribution in [3.05, 3.63) is 23.8 Å². The summed E-state index contributed by atoms with van der Waals surface area (Å²) in [6, 6.07) is 4.18. The molecule has 1 heterocycles. The van der Waals surface area contributed by atoms with Gasteiger partial charge >= 0.3 is 5.97 Å². The van der Waals surface area contributed by atoms with Crippen molar-refractivity contribution < 1.29 is 19.4 Å². The van der Waals surface area contributed by atoms with Crippen molar-refractivity contribution in [3.63, 3.8) is 0 Å². The van der Waals surface area contributed by atoms with Gasteiger partial charge in [0.15, 0.2) is 0 Å². The van der Waals surface area contributed by atoms with Crippen LogP contribution < -0.4 is 10.6 Å². The zero-order valence-corrected chi connectivity index (χ0v) is 9.92. The van der Waals surface area contributed by atoms with E-state index in [-0.39, 0.29) is 23.3 Å². The van der Waals surface area contributed by atoms with Gasteiger partial charge in [-0.1, -0.05) is 0 Å². The highest BCUT2D eigenvalue weighted by atomic mass is 16.5. The van der Waals surface area contributed by atoms with Crippen LogP contribution >= 0.6 is 0 Å². The Morgan fingerprint density at radius 2 is 2.28 bits per heavy atom. The maximum Gasteiger partial charge on any atom is 0.341 e. The van der Waals surface area contributed by atoms with E-state index in [1.54, 1.807) is 6.07 Å². The average Bonchev–Trinajstić information content (AvgIpc) is 2.67. The van der Waals surface area contributed by atoms with Crippen LogP contribution in [-0.2, 0) is 9.53 Å². The van der Waals surface area contributed by atoms with Crippen LogP contribution in [0.4, 0.5) is 5.69 Å². The molecule has 1 aromatic rings. The molecule has 0 saturated carbocycles. The van der Waals surface area contributed by atoms with Crippen molar-refractivity contribution in [2.24, 2.45) is 5.73 Å². The quantitative estimate of drug-likeness (QED) is 0.733. The monoisotopic (exact) mass is 250 g/mol. The molecule has 2 rings (SSSR count). The molecular weight excluding hydrogens is 236 g/mol. The van der Waals surface area contributed by atoms with Gasteiger partial charge in [0.1, 0.15) is 11.3 Å². The summed E-state index contributed by atoms with van der Waals surface area (Å²) in [5.74, 6) is -0.927. The second-order valence-electron chi connectivity index (χ2n) is 4.16. The Bertz CT molecular complexity index is 501. The Balaban J connectivity index is 2.29. The summed E-state index contributed by atoms with van der Waals surface area (Å²) in [7, 11) is 1.23. The molecule has 1 fully saturated rings. The first kappa shape index (κ1) is 12.4. The molecule has 1 saturated heterocycles. The highest BCUT2D eigenvalue weighted by molar-refractivity contribution is 5.98. The van der Waals surface area contributed by atoms with Crippen LogP contribution in [0.1, 0.15) is 16.8 Å². The fourth-order valence-electron chi connectivity index (χ4n) is 1.96. The third-order valence-corrected chi connectivity index (χ3v) is 2.85. The molecule has 6 nitrogen and oxygen atoms in total. The molecule has 3 N–H and O–H groups in total. The van der Waals surface area contributed by atoms with E-state index in [1.807, 2.05) is 0 Å². The zero-order valence-electron chi connectivity index (χ0n) is 9.92. The van der Waals surface area contributed by atoms with Crippen LogP contribution in [0.15, 0.2) is 18.2 Å². The Morgan fingerprint density at radius 3 is 2.78 bits per heavy atom. The van der Waals surface area contributed by atoms with E-state index in [2.05, 4.69) is 4.74 Å². The summed E-state index contributed by atoms with van der Waals surface area (Å²) < 4.78 is 4.52. The van der Waals surface area contributed by atoms with Gasteiger partial charge in [0, 0.05) is 30.8 Å². The number of phenolic OH excluding ortho intramolecular Hbond substituents is 1. The lowest BCUT2D eigenvalue weighted by Gasteiger charge is -2.16. The van der Waals surface area contributed by atoms with E-state index < -0.39 is 5.97 Å². The van der Waals surface area contributed by atoms with Gasteiger partial charge in [0.05, 0.1) is 7.11 Å². The van der Waals surface area contributed by atoms with Gasteiger partial charge in [-0.3, -0.25) is 4.79 Å². The molecule has 0 bridgehead atoms. The first-order valence-corrected chi connectivity index (χ1v) is 5.50. The second kappa shape index (κ2) is 4.66. The van der Waals surface area contributed by atoms with Crippen molar-refractivity contribution >= 4 is 17.6 Å². The number of nitrogens with two attached hydrogens (primary N) is 1. The second-order valence-corrected chi connectivity index (χ2v) is 4.16. The van der Waals surface area contributed by atoms with Crippen LogP contribution in [0.5, 0.6) is 5.75 Å². The smallest absolute Gasteiger partial charge is 0.341 e. The normalized spacial score (nSPS) is 19.1. The predicted octanol–water partition coefficient (Wildman–Crippen LogP) is 0.243. The third kappa shape index (κ3) is 2.14. The zero-order chi connectivity index (χ0) is 13.3. The molecule has 0 aromatic heterocycles. The molecule has 0 radical (unpaired) electrons. The lowest BCUT2D eigenvalue weighted by Crippen LogP contribution is -2.27. The van der Waals surface area contributed by atoms with Crippen LogP contribution in [0.3, 0.4) is 0 Å². The molecule has 1 unspecified atom stereocenters.